The van der Waals surface area contributed by atoms with Crippen molar-refractivity contribution in [1.82, 2.24) is 0 Å². The van der Waals surface area contributed by atoms with Crippen molar-refractivity contribution in [2.75, 3.05) is 12.1 Å². The monoisotopic (exact) mass is 243 g/mol. The predicted octanol–water partition coefficient (Wildman–Crippen LogP) is 1.48. The van der Waals surface area contributed by atoms with Gasteiger partial charge in [-0.2, -0.15) is 0 Å². The highest BCUT2D eigenvalue weighted by Crippen LogP contribution is 2.32. The number of nitrogens with one attached hydrogen (secondary N) is 2. The molecule has 0 bridgehead atoms. The number of hydrogen-bond donors (Lipinski definition) is 1. The molecular weight excluding hydrogens is 232 g/mol. The molecule has 1 aliphatic rings. The number of hydrogen-bond acceptors (Lipinski definition) is 3. The first-order chi connectivity index (χ1) is 8.83. The fraction of sp³-hybridized carbons (Fsp3) is 0.0769. The first-order valence-electron chi connectivity index (χ1n) is 5.50. The van der Waals surface area contributed by atoms with E-state index in [0.717, 1.165) is 5.69 Å². The molecule has 2 heterocycles. The van der Waals surface area contributed by atoms with Gasteiger partial charge in [0.25, 0.3) is 5.91 Å². The third kappa shape index (κ3) is 1.98. The number of carbonyl (C=O) groups is 1. The maximum atomic E-state index is 12.0. The number of carbonyl (C=O) groups excluding carboxylic acids is 1. The molecule has 1 aliphatic heterocycles. The summed E-state index contributed by atoms with van der Waals surface area (Å²) in [7, 11) is 0. The van der Waals surface area contributed by atoms with E-state index >= 15 is 0 Å². The lowest BCUT2D eigenvalue weighted by Crippen LogP contribution is -2.12. The average Bonchev–Trinajstić information content (AvgIpc) is 2.87. The Labute approximate surface area is 103 Å². The summed E-state index contributed by atoms with van der Waals surface area (Å²) < 4.78 is 10.4. The van der Waals surface area contributed by atoms with Gasteiger partial charge in [-0.05, 0) is 18.2 Å². The molecule has 0 spiro atoms. The van der Waals surface area contributed by atoms with Crippen molar-refractivity contribution >= 4 is 11.6 Å². The third-order valence-electron chi connectivity index (χ3n) is 2.61. The van der Waals surface area contributed by atoms with Gasteiger partial charge in [0, 0.05) is 17.7 Å². The summed E-state index contributed by atoms with van der Waals surface area (Å²) in [5.41, 5.74) is 1.27. The summed E-state index contributed by atoms with van der Waals surface area (Å²) in [4.78, 5) is 14.9. The summed E-state index contributed by atoms with van der Waals surface area (Å²) >= 11 is 0. The van der Waals surface area contributed by atoms with E-state index in [1.807, 2.05) is 0 Å². The second-order valence-corrected chi connectivity index (χ2v) is 3.81. The van der Waals surface area contributed by atoms with E-state index in [1.165, 1.54) is 0 Å². The molecule has 1 aromatic heterocycles. The number of fused-ring (bicyclic) bond motifs is 1. The van der Waals surface area contributed by atoms with Crippen LogP contribution >= 0.6 is 0 Å². The topological polar surface area (TPSA) is 61.7 Å². The van der Waals surface area contributed by atoms with Gasteiger partial charge in [-0.1, -0.05) is 0 Å². The Morgan fingerprint density at radius 2 is 1.89 bits per heavy atom. The highest BCUT2D eigenvalue weighted by Gasteiger charge is 2.16. The Morgan fingerprint density at radius 3 is 2.72 bits per heavy atom. The Morgan fingerprint density at radius 1 is 1.11 bits per heavy atom. The molecule has 18 heavy (non-hydrogen) atoms. The summed E-state index contributed by atoms with van der Waals surface area (Å²) in [5, 5.41) is 2.79. The van der Waals surface area contributed by atoms with Crippen molar-refractivity contribution in [2.45, 2.75) is 0 Å². The minimum Gasteiger partial charge on any atom is -0.454 e. The van der Waals surface area contributed by atoms with Crippen LogP contribution in [0.5, 0.6) is 11.5 Å². The molecule has 3 rings (SSSR count). The van der Waals surface area contributed by atoms with Gasteiger partial charge in [-0.15, -0.1) is 0 Å². The van der Waals surface area contributed by atoms with Crippen LogP contribution in [-0.4, -0.2) is 12.7 Å². The molecule has 1 amide bonds. The SMILES string of the molecule is O=C(Nc1cc[nH+]cc1)c1ccc2c(c1)OCO2. The molecule has 0 saturated carbocycles. The number of rotatable bonds is 2. The zero-order valence-corrected chi connectivity index (χ0v) is 9.47. The summed E-state index contributed by atoms with van der Waals surface area (Å²) in [6.45, 7) is 0.203. The Balaban J connectivity index is 1.81. The summed E-state index contributed by atoms with van der Waals surface area (Å²) in [5.74, 6) is 1.09. The second-order valence-electron chi connectivity index (χ2n) is 3.81. The van der Waals surface area contributed by atoms with Gasteiger partial charge in [0.1, 0.15) is 0 Å². The summed E-state index contributed by atoms with van der Waals surface area (Å²) in [6, 6.07) is 8.68. The van der Waals surface area contributed by atoms with Crippen molar-refractivity contribution in [3.8, 4) is 11.5 Å². The molecular formula is C13H11N2O3+. The Hall–Kier alpha value is -2.56. The van der Waals surface area contributed by atoms with Gasteiger partial charge in [-0.3, -0.25) is 4.79 Å². The van der Waals surface area contributed by atoms with Gasteiger partial charge in [0.15, 0.2) is 23.9 Å². The van der Waals surface area contributed by atoms with E-state index in [4.69, 9.17) is 9.47 Å². The standard InChI is InChI=1S/C13H10N2O3/c16-13(15-10-3-5-14-6-4-10)9-1-2-11-12(7-9)18-8-17-11/h1-7H,8H2,(H,14,15,16)/p+1. The first kappa shape index (κ1) is 10.6. The van der Waals surface area contributed by atoms with Crippen LogP contribution in [0.15, 0.2) is 42.7 Å². The normalized spacial score (nSPS) is 12.2. The van der Waals surface area contributed by atoms with Gasteiger partial charge in [0.2, 0.25) is 6.79 Å². The van der Waals surface area contributed by atoms with Crippen molar-refractivity contribution in [3.63, 3.8) is 0 Å². The van der Waals surface area contributed by atoms with Crippen molar-refractivity contribution in [2.24, 2.45) is 0 Å². The van der Waals surface area contributed by atoms with Crippen LogP contribution in [-0.2, 0) is 0 Å². The molecule has 2 N–H and O–H groups in total. The van der Waals surface area contributed by atoms with E-state index in [1.54, 1.807) is 42.7 Å². The van der Waals surface area contributed by atoms with Crippen LogP contribution in [0.3, 0.4) is 0 Å². The summed E-state index contributed by atoms with van der Waals surface area (Å²) in [6.07, 6.45) is 3.49. The van der Waals surface area contributed by atoms with Crippen molar-refractivity contribution < 1.29 is 19.3 Å². The molecule has 0 aliphatic carbocycles. The maximum Gasteiger partial charge on any atom is 0.255 e. The minimum absolute atomic E-state index is 0.181. The molecule has 0 radical (unpaired) electrons. The molecule has 5 heteroatoms. The number of H-pyrrole nitrogens is 1. The lowest BCUT2D eigenvalue weighted by molar-refractivity contribution is -0.377. The fourth-order valence-corrected chi connectivity index (χ4v) is 1.71. The van der Waals surface area contributed by atoms with Crippen molar-refractivity contribution in [1.29, 1.82) is 0 Å². The van der Waals surface area contributed by atoms with E-state index < -0.39 is 0 Å². The van der Waals surface area contributed by atoms with E-state index in [0.29, 0.717) is 17.1 Å². The molecule has 1 aromatic carbocycles. The minimum atomic E-state index is -0.181. The number of amides is 1. The molecule has 0 atom stereocenters. The number of ether oxygens (including phenoxy) is 2. The van der Waals surface area contributed by atoms with Gasteiger partial charge >= 0.3 is 0 Å². The van der Waals surface area contributed by atoms with Gasteiger partial charge in [0.05, 0.1) is 5.69 Å². The predicted molar refractivity (Wildman–Crippen MR) is 63.5 cm³/mol. The maximum absolute atomic E-state index is 12.0. The van der Waals surface area contributed by atoms with Crippen LogP contribution < -0.4 is 19.8 Å². The van der Waals surface area contributed by atoms with E-state index in [2.05, 4.69) is 10.3 Å². The number of aromatic nitrogens is 1. The smallest absolute Gasteiger partial charge is 0.255 e. The van der Waals surface area contributed by atoms with Gasteiger partial charge in [-0.25, -0.2) is 4.98 Å². The zero-order valence-electron chi connectivity index (χ0n) is 9.47. The van der Waals surface area contributed by atoms with Crippen LogP contribution in [0, 0.1) is 0 Å². The second kappa shape index (κ2) is 4.37. The highest BCUT2D eigenvalue weighted by atomic mass is 16.7. The molecule has 0 fully saturated rings. The lowest BCUT2D eigenvalue weighted by Gasteiger charge is -2.04. The van der Waals surface area contributed by atoms with Crippen LogP contribution in [0.4, 0.5) is 5.69 Å². The van der Waals surface area contributed by atoms with Crippen LogP contribution in [0.1, 0.15) is 10.4 Å². The zero-order chi connectivity index (χ0) is 12.4. The Bertz CT molecular complexity index is 584. The molecule has 0 saturated heterocycles. The van der Waals surface area contributed by atoms with Crippen molar-refractivity contribution in [3.05, 3.63) is 48.3 Å². The first-order valence-corrected chi connectivity index (χ1v) is 5.50. The fourth-order valence-electron chi connectivity index (χ4n) is 1.71. The quantitative estimate of drug-likeness (QED) is 0.869. The third-order valence-corrected chi connectivity index (χ3v) is 2.61. The van der Waals surface area contributed by atoms with Crippen LogP contribution in [0.2, 0.25) is 0 Å². The largest absolute Gasteiger partial charge is 0.454 e. The number of benzene rings is 1. The van der Waals surface area contributed by atoms with E-state index in [-0.39, 0.29) is 12.7 Å². The number of anilines is 1. The lowest BCUT2D eigenvalue weighted by atomic mass is 10.2. The average molecular weight is 243 g/mol. The molecule has 2 aromatic rings. The van der Waals surface area contributed by atoms with Crippen LogP contribution in [0.25, 0.3) is 0 Å². The molecule has 0 unspecified atom stereocenters. The van der Waals surface area contributed by atoms with E-state index in [9.17, 15) is 4.79 Å². The highest BCUT2D eigenvalue weighted by molar-refractivity contribution is 6.04. The Kier molecular flexibility index (Phi) is 2.57. The number of aromatic amines is 1. The number of pyridine rings is 1. The van der Waals surface area contributed by atoms with Gasteiger partial charge < -0.3 is 14.8 Å². The molecule has 90 valence electrons. The molecule has 5 nitrogen and oxygen atoms in total.